The molecule has 0 bridgehead atoms. The topological polar surface area (TPSA) is 108 Å². The lowest BCUT2D eigenvalue weighted by atomic mass is 9.76. The SMILES string of the molecule is CC1CCCC(NC(=O)C2=NNC(=O)CC2)(C(=O)O)C1. The maximum absolute atomic E-state index is 12.1. The molecular formula is C13H19N3O4. The van der Waals surface area contributed by atoms with Crippen LogP contribution in [0.15, 0.2) is 5.10 Å². The van der Waals surface area contributed by atoms with Crippen LogP contribution >= 0.6 is 0 Å². The molecule has 0 aromatic carbocycles. The molecule has 0 aromatic rings. The van der Waals surface area contributed by atoms with Gasteiger partial charge in [0.15, 0.2) is 0 Å². The zero-order valence-electron chi connectivity index (χ0n) is 11.4. The van der Waals surface area contributed by atoms with Crippen molar-refractivity contribution in [3.63, 3.8) is 0 Å². The van der Waals surface area contributed by atoms with Gasteiger partial charge in [-0.25, -0.2) is 10.2 Å². The molecular weight excluding hydrogens is 262 g/mol. The molecule has 3 N–H and O–H groups in total. The molecule has 0 saturated heterocycles. The van der Waals surface area contributed by atoms with E-state index >= 15 is 0 Å². The van der Waals surface area contributed by atoms with E-state index in [1.807, 2.05) is 6.92 Å². The Morgan fingerprint density at radius 2 is 2.20 bits per heavy atom. The molecule has 7 heteroatoms. The van der Waals surface area contributed by atoms with Gasteiger partial charge < -0.3 is 10.4 Å². The van der Waals surface area contributed by atoms with Crippen LogP contribution in [0.2, 0.25) is 0 Å². The summed E-state index contributed by atoms with van der Waals surface area (Å²) in [5.74, 6) is -1.48. The third-order valence-electron chi connectivity index (χ3n) is 3.93. The molecule has 2 rings (SSSR count). The van der Waals surface area contributed by atoms with Gasteiger partial charge in [0.05, 0.1) is 0 Å². The predicted octanol–water partition coefficient (Wildman–Crippen LogP) is 0.402. The minimum absolute atomic E-state index is 0.184. The number of aliphatic carboxylic acids is 1. The molecule has 7 nitrogen and oxygen atoms in total. The smallest absolute Gasteiger partial charge is 0.329 e. The summed E-state index contributed by atoms with van der Waals surface area (Å²) < 4.78 is 0. The average molecular weight is 281 g/mol. The van der Waals surface area contributed by atoms with Gasteiger partial charge in [0.2, 0.25) is 5.91 Å². The van der Waals surface area contributed by atoms with E-state index in [-0.39, 0.29) is 30.4 Å². The summed E-state index contributed by atoms with van der Waals surface area (Å²) in [6.45, 7) is 1.99. The number of carboxylic acid groups (broad SMARTS) is 1. The second-order valence-electron chi connectivity index (χ2n) is 5.64. The summed E-state index contributed by atoms with van der Waals surface area (Å²) >= 11 is 0. The highest BCUT2D eigenvalue weighted by Gasteiger charge is 2.43. The molecule has 1 fully saturated rings. The fourth-order valence-electron chi connectivity index (χ4n) is 2.84. The second kappa shape index (κ2) is 5.60. The van der Waals surface area contributed by atoms with E-state index in [4.69, 9.17) is 0 Å². The van der Waals surface area contributed by atoms with Crippen LogP contribution < -0.4 is 10.7 Å². The number of carbonyl (C=O) groups is 3. The van der Waals surface area contributed by atoms with E-state index in [0.29, 0.717) is 12.8 Å². The Bertz CT molecular complexity index is 474. The molecule has 0 aromatic heterocycles. The van der Waals surface area contributed by atoms with Crippen LogP contribution in [0.1, 0.15) is 45.4 Å². The Balaban J connectivity index is 2.10. The van der Waals surface area contributed by atoms with Crippen molar-refractivity contribution in [3.8, 4) is 0 Å². The fraction of sp³-hybridized carbons (Fsp3) is 0.692. The van der Waals surface area contributed by atoms with E-state index in [1.165, 1.54) is 0 Å². The summed E-state index contributed by atoms with van der Waals surface area (Å²) in [7, 11) is 0. The highest BCUT2D eigenvalue weighted by Crippen LogP contribution is 2.32. The molecule has 1 aliphatic heterocycles. The molecule has 1 heterocycles. The summed E-state index contributed by atoms with van der Waals surface area (Å²) in [5, 5.41) is 15.8. The first kappa shape index (κ1) is 14.5. The van der Waals surface area contributed by atoms with E-state index in [0.717, 1.165) is 12.8 Å². The standard InChI is InChI=1S/C13H19N3O4/c1-8-3-2-6-13(7-8,12(19)20)14-11(18)9-4-5-10(17)16-15-9/h8H,2-7H2,1H3,(H,14,18)(H,16,17)(H,19,20). The van der Waals surface area contributed by atoms with Crippen LogP contribution in [0.3, 0.4) is 0 Å². The predicted molar refractivity (Wildman–Crippen MR) is 71.0 cm³/mol. The van der Waals surface area contributed by atoms with Gasteiger partial charge >= 0.3 is 5.97 Å². The fourth-order valence-corrected chi connectivity index (χ4v) is 2.84. The minimum atomic E-state index is -1.21. The highest BCUT2D eigenvalue weighted by molar-refractivity contribution is 6.40. The number of rotatable bonds is 3. The molecule has 1 aliphatic carbocycles. The van der Waals surface area contributed by atoms with Gasteiger partial charge in [0, 0.05) is 12.8 Å². The number of nitrogens with one attached hydrogen (secondary N) is 2. The Morgan fingerprint density at radius 3 is 2.75 bits per heavy atom. The first-order chi connectivity index (χ1) is 9.43. The van der Waals surface area contributed by atoms with Crippen molar-refractivity contribution in [2.75, 3.05) is 0 Å². The van der Waals surface area contributed by atoms with Crippen molar-refractivity contribution < 1.29 is 19.5 Å². The molecule has 110 valence electrons. The largest absolute Gasteiger partial charge is 0.480 e. The Morgan fingerprint density at radius 1 is 1.45 bits per heavy atom. The van der Waals surface area contributed by atoms with Gasteiger partial charge in [-0.05, 0) is 18.8 Å². The number of nitrogens with zero attached hydrogens (tertiary/aromatic N) is 1. The lowest BCUT2D eigenvalue weighted by Crippen LogP contribution is -2.58. The van der Waals surface area contributed by atoms with Crippen molar-refractivity contribution in [2.24, 2.45) is 11.0 Å². The van der Waals surface area contributed by atoms with Gasteiger partial charge in [0.25, 0.3) is 5.91 Å². The number of hydrogen-bond acceptors (Lipinski definition) is 4. The minimum Gasteiger partial charge on any atom is -0.480 e. The summed E-state index contributed by atoms with van der Waals surface area (Å²) in [6, 6.07) is 0. The van der Waals surface area contributed by atoms with Gasteiger partial charge in [-0.1, -0.05) is 19.8 Å². The van der Waals surface area contributed by atoms with Gasteiger partial charge in [-0.15, -0.1) is 0 Å². The monoisotopic (exact) mass is 281 g/mol. The van der Waals surface area contributed by atoms with Crippen LogP contribution in [0.5, 0.6) is 0 Å². The summed E-state index contributed by atoms with van der Waals surface area (Å²) in [5.41, 5.74) is 1.22. The third kappa shape index (κ3) is 2.97. The van der Waals surface area contributed by atoms with Crippen LogP contribution in [0.4, 0.5) is 0 Å². The maximum Gasteiger partial charge on any atom is 0.329 e. The van der Waals surface area contributed by atoms with Crippen molar-refractivity contribution in [3.05, 3.63) is 0 Å². The van der Waals surface area contributed by atoms with E-state index in [9.17, 15) is 19.5 Å². The lowest BCUT2D eigenvalue weighted by Gasteiger charge is -2.37. The lowest BCUT2D eigenvalue weighted by molar-refractivity contribution is -0.149. The van der Waals surface area contributed by atoms with Crippen molar-refractivity contribution >= 4 is 23.5 Å². The number of hydrogen-bond donors (Lipinski definition) is 3. The molecule has 2 unspecified atom stereocenters. The average Bonchev–Trinajstić information content (AvgIpc) is 2.39. The molecule has 1 saturated carbocycles. The Hall–Kier alpha value is -1.92. The number of hydrazone groups is 1. The number of amides is 2. The molecule has 0 spiro atoms. The molecule has 0 radical (unpaired) electrons. The molecule has 2 amide bonds. The van der Waals surface area contributed by atoms with Crippen molar-refractivity contribution in [1.82, 2.24) is 10.7 Å². The number of carboxylic acids is 1. The van der Waals surface area contributed by atoms with Crippen molar-refractivity contribution in [1.29, 1.82) is 0 Å². The third-order valence-corrected chi connectivity index (χ3v) is 3.93. The summed E-state index contributed by atoms with van der Waals surface area (Å²) in [4.78, 5) is 34.7. The quantitative estimate of drug-likeness (QED) is 0.696. The molecule has 2 aliphatic rings. The van der Waals surface area contributed by atoms with Gasteiger partial charge in [-0.3, -0.25) is 9.59 Å². The van der Waals surface area contributed by atoms with Crippen LogP contribution in [0.25, 0.3) is 0 Å². The van der Waals surface area contributed by atoms with E-state index < -0.39 is 17.4 Å². The summed E-state index contributed by atoms with van der Waals surface area (Å²) in [6.07, 6.45) is 3.04. The van der Waals surface area contributed by atoms with Crippen molar-refractivity contribution in [2.45, 2.75) is 51.0 Å². The Labute approximate surface area is 116 Å². The highest BCUT2D eigenvalue weighted by atomic mass is 16.4. The first-order valence-electron chi connectivity index (χ1n) is 6.84. The van der Waals surface area contributed by atoms with E-state index in [2.05, 4.69) is 15.8 Å². The van der Waals surface area contributed by atoms with Gasteiger partial charge in [0.1, 0.15) is 11.3 Å². The van der Waals surface area contributed by atoms with Gasteiger partial charge in [-0.2, -0.15) is 5.10 Å². The Kier molecular flexibility index (Phi) is 4.06. The molecule has 20 heavy (non-hydrogen) atoms. The maximum atomic E-state index is 12.1. The van der Waals surface area contributed by atoms with Crippen LogP contribution in [0, 0.1) is 5.92 Å². The number of carbonyl (C=O) groups excluding carboxylic acids is 2. The molecule has 2 atom stereocenters. The van der Waals surface area contributed by atoms with E-state index in [1.54, 1.807) is 0 Å². The zero-order valence-corrected chi connectivity index (χ0v) is 11.4. The van der Waals surface area contributed by atoms with Crippen LogP contribution in [-0.2, 0) is 14.4 Å². The normalized spacial score (nSPS) is 30.1. The zero-order chi connectivity index (χ0) is 14.8. The first-order valence-corrected chi connectivity index (χ1v) is 6.84. The van der Waals surface area contributed by atoms with Crippen LogP contribution in [-0.4, -0.2) is 34.1 Å². The second-order valence-corrected chi connectivity index (χ2v) is 5.64.